The largest absolute Gasteiger partial charge is 0.483 e. The molecule has 3 aromatic heterocycles. The van der Waals surface area contributed by atoms with Crippen LogP contribution in [0.5, 0.6) is 5.75 Å². The molecule has 1 N–H and O–H groups in total. The summed E-state index contributed by atoms with van der Waals surface area (Å²) in [5.41, 5.74) is 2.85. The number of halogens is 3. The molecule has 5 heterocycles. The molecule has 1 aromatic carbocycles. The number of fused-ring (bicyclic) bond motifs is 1. The minimum atomic E-state index is -0.596. The molecule has 0 spiro atoms. The van der Waals surface area contributed by atoms with Gasteiger partial charge in [0.05, 0.1) is 28.8 Å². The second-order valence-corrected chi connectivity index (χ2v) is 11.5. The lowest BCUT2D eigenvalue weighted by molar-refractivity contribution is 0.0133. The van der Waals surface area contributed by atoms with E-state index in [9.17, 15) is 4.39 Å². The van der Waals surface area contributed by atoms with Crippen LogP contribution in [0.3, 0.4) is 0 Å². The Balaban J connectivity index is 1.18. The Bertz CT molecular complexity index is 1470. The minimum Gasteiger partial charge on any atom is -0.483 e. The van der Waals surface area contributed by atoms with Gasteiger partial charge in [-0.05, 0) is 25.1 Å². The molecule has 0 amide bonds. The first-order chi connectivity index (χ1) is 18.8. The Morgan fingerprint density at radius 3 is 2.56 bits per heavy atom. The van der Waals surface area contributed by atoms with E-state index in [1.54, 1.807) is 13.0 Å². The molecule has 2 aliphatic heterocycles. The predicted octanol–water partition coefficient (Wildman–Crippen LogP) is 5.76. The van der Waals surface area contributed by atoms with E-state index in [2.05, 4.69) is 31.9 Å². The first-order valence-electron chi connectivity index (χ1n) is 12.9. The summed E-state index contributed by atoms with van der Waals surface area (Å²) >= 11 is 12.5. The number of aromatic amines is 1. The Morgan fingerprint density at radius 2 is 1.87 bits per heavy atom. The molecule has 0 radical (unpaired) electrons. The molecule has 11 heteroatoms. The molecule has 0 unspecified atom stereocenters. The van der Waals surface area contributed by atoms with Crippen LogP contribution in [0.4, 0.5) is 10.2 Å². The molecule has 2 aliphatic rings. The number of hydrogen-bond acceptors (Lipinski definition) is 7. The van der Waals surface area contributed by atoms with Crippen molar-refractivity contribution in [2.75, 3.05) is 50.8 Å². The summed E-state index contributed by atoms with van der Waals surface area (Å²) in [6.07, 6.45) is 4.18. The van der Waals surface area contributed by atoms with Crippen molar-refractivity contribution in [2.45, 2.75) is 20.0 Å². The smallest absolute Gasteiger partial charge is 0.167 e. The van der Waals surface area contributed by atoms with Gasteiger partial charge in [0.15, 0.2) is 11.6 Å². The van der Waals surface area contributed by atoms with Gasteiger partial charge in [-0.2, -0.15) is 5.10 Å². The molecular formula is C28H29Cl2FN6O2. The SMILES string of the molecule is C[C@@H](Oc1cc2c(-c3ccc(N4CC(C)(CN5CCOCC5)C4)nc3)n[nH]c2cc1F)c1c(Cl)cncc1Cl. The van der Waals surface area contributed by atoms with E-state index in [1.807, 2.05) is 18.3 Å². The van der Waals surface area contributed by atoms with Crippen molar-refractivity contribution in [3.05, 3.63) is 64.3 Å². The van der Waals surface area contributed by atoms with Crippen molar-refractivity contribution >= 4 is 39.9 Å². The zero-order valence-electron chi connectivity index (χ0n) is 21.8. The van der Waals surface area contributed by atoms with Gasteiger partial charge in [0.25, 0.3) is 0 Å². The third kappa shape index (κ3) is 5.28. The van der Waals surface area contributed by atoms with E-state index in [0.29, 0.717) is 26.8 Å². The summed E-state index contributed by atoms with van der Waals surface area (Å²) in [5.74, 6) is 0.497. The van der Waals surface area contributed by atoms with E-state index in [1.165, 1.54) is 18.5 Å². The maximum Gasteiger partial charge on any atom is 0.167 e. The van der Waals surface area contributed by atoms with Gasteiger partial charge in [-0.3, -0.25) is 15.0 Å². The van der Waals surface area contributed by atoms with Gasteiger partial charge in [0, 0.05) is 79.3 Å². The van der Waals surface area contributed by atoms with Gasteiger partial charge in [-0.25, -0.2) is 9.37 Å². The topological polar surface area (TPSA) is 79.4 Å². The third-order valence-corrected chi connectivity index (χ3v) is 8.02. The molecule has 4 aromatic rings. The van der Waals surface area contributed by atoms with Crippen LogP contribution in [0.2, 0.25) is 10.0 Å². The monoisotopic (exact) mass is 570 g/mol. The molecule has 1 atom stereocenters. The van der Waals surface area contributed by atoms with Crippen molar-refractivity contribution < 1.29 is 13.9 Å². The average molecular weight is 571 g/mol. The third-order valence-electron chi connectivity index (χ3n) is 7.42. The predicted molar refractivity (Wildman–Crippen MR) is 150 cm³/mol. The van der Waals surface area contributed by atoms with Crippen molar-refractivity contribution in [1.29, 1.82) is 0 Å². The van der Waals surface area contributed by atoms with E-state index >= 15 is 0 Å². The van der Waals surface area contributed by atoms with Crippen molar-refractivity contribution in [3.63, 3.8) is 0 Å². The molecule has 2 fully saturated rings. The average Bonchev–Trinajstić information content (AvgIpc) is 3.30. The lowest BCUT2D eigenvalue weighted by atomic mass is 9.81. The molecule has 204 valence electrons. The van der Waals surface area contributed by atoms with Crippen LogP contribution < -0.4 is 9.64 Å². The molecule has 0 aliphatic carbocycles. The molecule has 0 saturated carbocycles. The second kappa shape index (κ2) is 10.5. The molecule has 6 rings (SSSR count). The molecular weight excluding hydrogens is 542 g/mol. The van der Waals surface area contributed by atoms with Crippen LogP contribution in [0.25, 0.3) is 22.2 Å². The Labute approximate surface area is 236 Å². The first-order valence-corrected chi connectivity index (χ1v) is 13.7. The number of morpholine rings is 1. The fourth-order valence-electron chi connectivity index (χ4n) is 5.54. The number of benzene rings is 1. The highest BCUT2D eigenvalue weighted by molar-refractivity contribution is 6.35. The van der Waals surface area contributed by atoms with Crippen LogP contribution >= 0.6 is 23.2 Å². The van der Waals surface area contributed by atoms with Gasteiger partial charge in [0.2, 0.25) is 0 Å². The summed E-state index contributed by atoms with van der Waals surface area (Å²) < 4.78 is 26.4. The lowest BCUT2D eigenvalue weighted by Gasteiger charge is -2.51. The van der Waals surface area contributed by atoms with Crippen LogP contribution in [0.1, 0.15) is 25.5 Å². The number of pyridine rings is 2. The van der Waals surface area contributed by atoms with E-state index in [0.717, 1.165) is 62.7 Å². The Kier molecular flexibility index (Phi) is 7.09. The van der Waals surface area contributed by atoms with E-state index < -0.39 is 11.9 Å². The number of ether oxygens (including phenoxy) is 2. The summed E-state index contributed by atoms with van der Waals surface area (Å²) in [5, 5.41) is 8.80. The van der Waals surface area contributed by atoms with Crippen molar-refractivity contribution in [2.24, 2.45) is 5.41 Å². The fourth-order valence-corrected chi connectivity index (χ4v) is 6.21. The number of hydrogen-bond donors (Lipinski definition) is 1. The van der Waals surface area contributed by atoms with Crippen LogP contribution in [0.15, 0.2) is 42.9 Å². The summed E-state index contributed by atoms with van der Waals surface area (Å²) in [7, 11) is 0. The number of anilines is 1. The maximum absolute atomic E-state index is 14.9. The highest BCUT2D eigenvalue weighted by Gasteiger charge is 2.40. The standard InChI is InChI=1S/C28H29Cl2FN6O2/c1-17(26-20(29)12-32-13-21(26)30)39-24-9-19-23(10-22(24)31)34-35-27(19)18-3-4-25(33-11-18)37-15-28(2,16-37)14-36-5-7-38-8-6-36/h3-4,9-13,17H,5-8,14-16H2,1-2H3,(H,34,35)/t17-/m1/s1. The normalized spacial score (nSPS) is 18.2. The first kappa shape index (κ1) is 26.3. The molecule has 0 bridgehead atoms. The van der Waals surface area contributed by atoms with Crippen LogP contribution in [0, 0.1) is 11.2 Å². The Morgan fingerprint density at radius 1 is 1.13 bits per heavy atom. The molecule has 2 saturated heterocycles. The number of aromatic nitrogens is 4. The molecule has 39 heavy (non-hydrogen) atoms. The summed E-state index contributed by atoms with van der Waals surface area (Å²) in [6.45, 7) is 10.7. The summed E-state index contributed by atoms with van der Waals surface area (Å²) in [4.78, 5) is 13.5. The quantitative estimate of drug-likeness (QED) is 0.302. The van der Waals surface area contributed by atoms with Gasteiger partial charge in [-0.15, -0.1) is 0 Å². The second-order valence-electron chi connectivity index (χ2n) is 10.6. The number of H-pyrrole nitrogens is 1. The number of nitrogens with zero attached hydrogens (tertiary/aromatic N) is 5. The van der Waals surface area contributed by atoms with Gasteiger partial charge in [0.1, 0.15) is 17.6 Å². The van der Waals surface area contributed by atoms with Crippen LogP contribution in [-0.2, 0) is 4.74 Å². The summed E-state index contributed by atoms with van der Waals surface area (Å²) in [6, 6.07) is 7.03. The zero-order chi connectivity index (χ0) is 27.1. The fraction of sp³-hybridized carbons (Fsp3) is 0.393. The Hall–Kier alpha value is -2.98. The van der Waals surface area contributed by atoms with E-state index in [4.69, 9.17) is 37.7 Å². The van der Waals surface area contributed by atoms with Crippen molar-refractivity contribution in [3.8, 4) is 17.0 Å². The highest BCUT2D eigenvalue weighted by Crippen LogP contribution is 2.38. The highest BCUT2D eigenvalue weighted by atomic mass is 35.5. The number of nitrogens with one attached hydrogen (secondary N) is 1. The molecule has 8 nitrogen and oxygen atoms in total. The maximum atomic E-state index is 14.9. The van der Waals surface area contributed by atoms with Gasteiger partial charge >= 0.3 is 0 Å². The van der Waals surface area contributed by atoms with Crippen molar-refractivity contribution in [1.82, 2.24) is 25.1 Å². The lowest BCUT2D eigenvalue weighted by Crippen LogP contribution is -2.60. The van der Waals surface area contributed by atoms with Gasteiger partial charge in [-0.1, -0.05) is 30.1 Å². The zero-order valence-corrected chi connectivity index (χ0v) is 23.3. The van der Waals surface area contributed by atoms with Gasteiger partial charge < -0.3 is 14.4 Å². The number of rotatable bonds is 7. The minimum absolute atomic E-state index is 0.0753. The van der Waals surface area contributed by atoms with Crippen LogP contribution in [-0.4, -0.2) is 71.0 Å². The van der Waals surface area contributed by atoms with E-state index in [-0.39, 0.29) is 11.2 Å².